The van der Waals surface area contributed by atoms with Gasteiger partial charge in [-0.3, -0.25) is 4.79 Å². The molecule has 25 heavy (non-hydrogen) atoms. The molecule has 0 aliphatic heterocycles. The molecule has 1 aromatic heterocycles. The van der Waals surface area contributed by atoms with E-state index in [1.54, 1.807) is 11.6 Å². The first-order valence-electron chi connectivity index (χ1n) is 8.44. The van der Waals surface area contributed by atoms with Crippen LogP contribution in [0.5, 0.6) is 0 Å². The number of benzene rings is 1. The van der Waals surface area contributed by atoms with Gasteiger partial charge in [-0.25, -0.2) is 4.68 Å². The Morgan fingerprint density at radius 1 is 1.24 bits per heavy atom. The van der Waals surface area contributed by atoms with E-state index in [1.165, 1.54) is 0 Å². The monoisotopic (exact) mass is 382 g/mol. The molecule has 1 heterocycles. The lowest BCUT2D eigenvalue weighted by Gasteiger charge is -2.17. The molecule has 0 saturated heterocycles. The smallest absolute Gasteiger partial charge is 0.256 e. The van der Waals surface area contributed by atoms with Crippen LogP contribution in [0.3, 0.4) is 0 Å². The Kier molecular flexibility index (Phi) is 7.29. The largest absolute Gasteiger partial charge is 0.351 e. The normalized spacial score (nSPS) is 11.1. The summed E-state index contributed by atoms with van der Waals surface area (Å²) < 4.78 is 1.61. The van der Waals surface area contributed by atoms with Gasteiger partial charge >= 0.3 is 0 Å². The number of nitrogens with zero attached hydrogens (tertiary/aromatic N) is 3. The Morgan fingerprint density at radius 2 is 1.92 bits per heavy atom. The minimum absolute atomic E-state index is 0.194. The minimum atomic E-state index is -0.194. The highest BCUT2D eigenvalue weighted by Crippen LogP contribution is 2.23. The summed E-state index contributed by atoms with van der Waals surface area (Å²) in [4.78, 5) is 14.7. The van der Waals surface area contributed by atoms with Crippen LogP contribution in [-0.2, 0) is 6.54 Å². The molecule has 136 valence electrons. The third-order valence-electron chi connectivity index (χ3n) is 4.18. The Bertz CT molecular complexity index is 726. The second-order valence-corrected chi connectivity index (χ2v) is 6.55. The number of carbonyl (C=O) groups is 1. The van der Waals surface area contributed by atoms with Crippen LogP contribution >= 0.6 is 23.2 Å². The van der Waals surface area contributed by atoms with Crippen LogP contribution in [0.1, 0.15) is 35.5 Å². The quantitative estimate of drug-likeness (QED) is 0.758. The summed E-state index contributed by atoms with van der Waals surface area (Å²) in [5, 5.41) is 8.30. The van der Waals surface area contributed by atoms with Gasteiger partial charge in [-0.05, 0) is 31.6 Å². The lowest BCUT2D eigenvalue weighted by molar-refractivity contribution is 0.0948. The topological polar surface area (TPSA) is 50.2 Å². The maximum Gasteiger partial charge on any atom is 0.256 e. The Hall–Kier alpha value is -1.56. The van der Waals surface area contributed by atoms with Crippen molar-refractivity contribution in [3.63, 3.8) is 0 Å². The zero-order chi connectivity index (χ0) is 18.4. The number of hydrogen-bond donors (Lipinski definition) is 1. The van der Waals surface area contributed by atoms with E-state index < -0.39 is 0 Å². The van der Waals surface area contributed by atoms with Crippen LogP contribution in [0, 0.1) is 6.92 Å². The van der Waals surface area contributed by atoms with E-state index in [0.717, 1.165) is 25.2 Å². The van der Waals surface area contributed by atoms with E-state index in [-0.39, 0.29) is 5.91 Å². The molecular weight excluding hydrogens is 359 g/mol. The number of amides is 1. The van der Waals surface area contributed by atoms with Gasteiger partial charge in [0.1, 0.15) is 5.15 Å². The molecule has 0 atom stereocenters. The van der Waals surface area contributed by atoms with Crippen LogP contribution in [0.2, 0.25) is 10.2 Å². The third kappa shape index (κ3) is 4.97. The fourth-order valence-electron chi connectivity index (χ4n) is 2.66. The van der Waals surface area contributed by atoms with Gasteiger partial charge in [-0.1, -0.05) is 55.2 Å². The summed E-state index contributed by atoms with van der Waals surface area (Å²) in [5.41, 5.74) is 1.94. The van der Waals surface area contributed by atoms with E-state index in [1.807, 2.05) is 24.3 Å². The van der Waals surface area contributed by atoms with Crippen molar-refractivity contribution in [2.45, 2.75) is 27.3 Å². The van der Waals surface area contributed by atoms with E-state index in [0.29, 0.717) is 34.5 Å². The zero-order valence-corrected chi connectivity index (χ0v) is 16.4. The van der Waals surface area contributed by atoms with Crippen LogP contribution in [0.4, 0.5) is 0 Å². The van der Waals surface area contributed by atoms with E-state index in [2.05, 4.69) is 29.2 Å². The minimum Gasteiger partial charge on any atom is -0.351 e. The molecule has 0 unspecified atom stereocenters. The molecule has 0 fully saturated rings. The second-order valence-electron chi connectivity index (χ2n) is 5.78. The number of halogens is 2. The first-order valence-corrected chi connectivity index (χ1v) is 9.20. The highest BCUT2D eigenvalue weighted by Gasteiger charge is 2.20. The van der Waals surface area contributed by atoms with E-state index in [4.69, 9.17) is 23.2 Å². The average Bonchev–Trinajstić information content (AvgIpc) is 2.87. The Balaban J connectivity index is 2.08. The molecule has 0 bridgehead atoms. The summed E-state index contributed by atoms with van der Waals surface area (Å²) in [6, 6.07) is 7.52. The Labute approximate surface area is 158 Å². The van der Waals surface area contributed by atoms with Gasteiger partial charge in [0.25, 0.3) is 5.91 Å². The first kappa shape index (κ1) is 19.8. The van der Waals surface area contributed by atoms with Crippen LogP contribution in [0.25, 0.3) is 0 Å². The van der Waals surface area contributed by atoms with Gasteiger partial charge in [0.15, 0.2) is 0 Å². The molecule has 2 rings (SSSR count). The predicted molar refractivity (Wildman–Crippen MR) is 103 cm³/mol. The van der Waals surface area contributed by atoms with Crippen molar-refractivity contribution in [3.05, 3.63) is 51.3 Å². The van der Waals surface area contributed by atoms with Gasteiger partial charge in [-0.2, -0.15) is 5.10 Å². The SMILES string of the molecule is CCN(CC)CCNC(=O)c1c(C)nn(Cc2ccccc2Cl)c1Cl. The predicted octanol–water partition coefficient (Wildman–Crippen LogP) is 3.62. The molecule has 2 aromatic rings. The van der Waals surface area contributed by atoms with E-state index >= 15 is 0 Å². The van der Waals surface area contributed by atoms with Crippen molar-refractivity contribution in [3.8, 4) is 0 Å². The van der Waals surface area contributed by atoms with Crippen molar-refractivity contribution in [1.29, 1.82) is 0 Å². The molecule has 0 saturated carbocycles. The van der Waals surface area contributed by atoms with Gasteiger partial charge < -0.3 is 10.2 Å². The highest BCUT2D eigenvalue weighted by atomic mass is 35.5. The maximum absolute atomic E-state index is 12.5. The first-order chi connectivity index (χ1) is 12.0. The molecule has 1 N–H and O–H groups in total. The summed E-state index contributed by atoms with van der Waals surface area (Å²) in [6.45, 7) is 9.72. The fraction of sp³-hybridized carbons (Fsp3) is 0.444. The number of hydrogen-bond acceptors (Lipinski definition) is 3. The molecule has 0 aliphatic carbocycles. The van der Waals surface area contributed by atoms with Crippen molar-refractivity contribution in [2.75, 3.05) is 26.2 Å². The van der Waals surface area contributed by atoms with Crippen LogP contribution < -0.4 is 5.32 Å². The van der Waals surface area contributed by atoms with Crippen molar-refractivity contribution < 1.29 is 4.79 Å². The van der Waals surface area contributed by atoms with Gasteiger partial charge in [0.05, 0.1) is 17.8 Å². The number of nitrogens with one attached hydrogen (secondary N) is 1. The third-order valence-corrected chi connectivity index (χ3v) is 4.93. The molecule has 0 radical (unpaired) electrons. The van der Waals surface area contributed by atoms with Gasteiger partial charge in [0, 0.05) is 18.1 Å². The van der Waals surface area contributed by atoms with Crippen molar-refractivity contribution >= 4 is 29.1 Å². The average molecular weight is 383 g/mol. The summed E-state index contributed by atoms with van der Waals surface area (Å²) in [5.74, 6) is -0.194. The number of aromatic nitrogens is 2. The Morgan fingerprint density at radius 3 is 2.56 bits per heavy atom. The van der Waals surface area contributed by atoms with E-state index in [9.17, 15) is 4.79 Å². The number of aryl methyl sites for hydroxylation is 1. The lowest BCUT2D eigenvalue weighted by atomic mass is 10.2. The molecule has 0 spiro atoms. The summed E-state index contributed by atoms with van der Waals surface area (Å²) >= 11 is 12.6. The zero-order valence-electron chi connectivity index (χ0n) is 14.9. The number of likely N-dealkylation sites (N-methyl/N-ethyl adjacent to an activating group) is 1. The molecule has 1 aromatic carbocycles. The lowest BCUT2D eigenvalue weighted by Crippen LogP contribution is -2.35. The fourth-order valence-corrected chi connectivity index (χ4v) is 3.18. The molecule has 5 nitrogen and oxygen atoms in total. The van der Waals surface area contributed by atoms with Gasteiger partial charge in [0.2, 0.25) is 0 Å². The maximum atomic E-state index is 12.5. The molecular formula is C18H24Cl2N4O. The standard InChI is InChI=1S/C18H24Cl2N4O/c1-4-23(5-2)11-10-21-18(25)16-13(3)22-24(17(16)20)12-14-8-6-7-9-15(14)19/h6-9H,4-5,10-12H2,1-3H3,(H,21,25). The summed E-state index contributed by atoms with van der Waals surface area (Å²) in [7, 11) is 0. The summed E-state index contributed by atoms with van der Waals surface area (Å²) in [6.07, 6.45) is 0. The van der Waals surface area contributed by atoms with Crippen molar-refractivity contribution in [2.24, 2.45) is 0 Å². The second kappa shape index (κ2) is 9.22. The van der Waals surface area contributed by atoms with Crippen LogP contribution in [-0.4, -0.2) is 46.8 Å². The molecule has 1 amide bonds. The van der Waals surface area contributed by atoms with Crippen LogP contribution in [0.15, 0.2) is 24.3 Å². The highest BCUT2D eigenvalue weighted by molar-refractivity contribution is 6.33. The molecule has 0 aliphatic rings. The van der Waals surface area contributed by atoms with Crippen molar-refractivity contribution in [1.82, 2.24) is 20.0 Å². The number of carbonyl (C=O) groups excluding carboxylic acids is 1. The molecule has 7 heteroatoms. The number of rotatable bonds is 8. The van der Waals surface area contributed by atoms with Gasteiger partial charge in [-0.15, -0.1) is 0 Å².